The quantitative estimate of drug-likeness (QED) is 0.864. The fourth-order valence-corrected chi connectivity index (χ4v) is 5.12. The summed E-state index contributed by atoms with van der Waals surface area (Å²) in [6.07, 6.45) is 0.307. The summed E-state index contributed by atoms with van der Waals surface area (Å²) in [5, 5.41) is 3.19. The number of nitrogens with zero attached hydrogens (tertiary/aromatic N) is 2. The van der Waals surface area contributed by atoms with Gasteiger partial charge in [-0.25, -0.2) is 13.1 Å². The first kappa shape index (κ1) is 18.1. The van der Waals surface area contributed by atoms with Crippen molar-refractivity contribution >= 4 is 27.3 Å². The zero-order valence-corrected chi connectivity index (χ0v) is 15.3. The fourth-order valence-electron chi connectivity index (χ4n) is 3.39. The Morgan fingerprint density at radius 1 is 1.11 bits per heavy atom. The number of benzene rings is 2. The van der Waals surface area contributed by atoms with Gasteiger partial charge in [0, 0.05) is 25.7 Å². The second-order valence-electron chi connectivity index (χ2n) is 6.41. The van der Waals surface area contributed by atoms with Gasteiger partial charge in [0.25, 0.3) is 0 Å². The van der Waals surface area contributed by atoms with E-state index in [1.165, 1.54) is 30.3 Å². The van der Waals surface area contributed by atoms with Gasteiger partial charge in [-0.2, -0.15) is 8.42 Å². The predicted molar refractivity (Wildman–Crippen MR) is 98.4 cm³/mol. The molecule has 0 amide bonds. The lowest BCUT2D eigenvalue weighted by atomic mass is 10.2. The Kier molecular flexibility index (Phi) is 4.75. The molecule has 1 N–H and O–H groups in total. The number of rotatable bonds is 4. The smallest absolute Gasteiger partial charge is 0.331 e. The first-order valence-corrected chi connectivity index (χ1v) is 10.1. The maximum atomic E-state index is 14.3. The van der Waals surface area contributed by atoms with Crippen molar-refractivity contribution in [2.45, 2.75) is 12.5 Å². The highest BCUT2D eigenvalue weighted by Crippen LogP contribution is 2.46. The molecule has 27 heavy (non-hydrogen) atoms. The van der Waals surface area contributed by atoms with Crippen molar-refractivity contribution in [3.8, 4) is 0 Å². The van der Waals surface area contributed by atoms with E-state index in [1.54, 1.807) is 6.07 Å². The Morgan fingerprint density at radius 3 is 2.67 bits per heavy atom. The van der Waals surface area contributed by atoms with Crippen molar-refractivity contribution < 1.29 is 21.9 Å². The number of anilines is 3. The van der Waals surface area contributed by atoms with E-state index in [0.29, 0.717) is 19.6 Å². The summed E-state index contributed by atoms with van der Waals surface area (Å²) < 4.78 is 62.2. The number of hydrogen-bond acceptors (Lipinski definition) is 4. The number of ether oxygens (including phenoxy) is 1. The first-order valence-electron chi connectivity index (χ1n) is 8.68. The molecule has 0 radical (unpaired) electrons. The van der Waals surface area contributed by atoms with Crippen LogP contribution in [0.1, 0.15) is 6.42 Å². The van der Waals surface area contributed by atoms with Crippen LogP contribution in [-0.4, -0.2) is 40.8 Å². The third kappa shape index (κ3) is 3.26. The summed E-state index contributed by atoms with van der Waals surface area (Å²) in [4.78, 5) is 0. The molecular weight excluding hydrogens is 376 g/mol. The normalized spacial score (nSPS) is 21.3. The van der Waals surface area contributed by atoms with Crippen LogP contribution in [0, 0.1) is 11.6 Å². The van der Waals surface area contributed by atoms with Crippen molar-refractivity contribution in [3.63, 3.8) is 0 Å². The standard InChI is InChI=1S/C18H19F2N3O3S/c19-13-5-6-17-18(11-13)22(9-7-14-12-21-8-10-26-14)27(24,25)23(17)16-4-2-1-3-15(16)20/h1-6,11,14,21H,7-10,12H2/t14-/m0/s1. The van der Waals surface area contributed by atoms with Crippen LogP contribution in [0.5, 0.6) is 0 Å². The van der Waals surface area contributed by atoms with Crippen molar-refractivity contribution in [1.29, 1.82) is 0 Å². The third-order valence-corrected chi connectivity index (χ3v) is 6.46. The van der Waals surface area contributed by atoms with Crippen LogP contribution in [0.4, 0.5) is 25.8 Å². The Bertz CT molecular complexity index is 949. The zero-order chi connectivity index (χ0) is 19.0. The van der Waals surface area contributed by atoms with Gasteiger partial charge in [-0.3, -0.25) is 4.31 Å². The minimum Gasteiger partial charge on any atom is -0.376 e. The van der Waals surface area contributed by atoms with Crippen LogP contribution in [0.25, 0.3) is 0 Å². The van der Waals surface area contributed by atoms with E-state index in [-0.39, 0.29) is 29.7 Å². The van der Waals surface area contributed by atoms with Gasteiger partial charge >= 0.3 is 10.2 Å². The summed E-state index contributed by atoms with van der Waals surface area (Å²) in [5.41, 5.74) is 0.328. The summed E-state index contributed by atoms with van der Waals surface area (Å²) in [5.74, 6) is -1.22. The number of hydrogen-bond donors (Lipinski definition) is 1. The van der Waals surface area contributed by atoms with Gasteiger partial charge in [0.1, 0.15) is 11.6 Å². The molecule has 2 aromatic carbocycles. The Balaban J connectivity index is 1.72. The van der Waals surface area contributed by atoms with Crippen LogP contribution in [0.2, 0.25) is 0 Å². The van der Waals surface area contributed by atoms with E-state index in [1.807, 2.05) is 0 Å². The van der Waals surface area contributed by atoms with Crippen molar-refractivity contribution in [2.24, 2.45) is 0 Å². The van der Waals surface area contributed by atoms with Gasteiger partial charge in [-0.15, -0.1) is 0 Å². The highest BCUT2D eigenvalue weighted by molar-refractivity contribution is 7.95. The van der Waals surface area contributed by atoms with Crippen LogP contribution in [-0.2, 0) is 14.9 Å². The molecule has 1 atom stereocenters. The van der Waals surface area contributed by atoms with Gasteiger partial charge < -0.3 is 10.1 Å². The zero-order valence-electron chi connectivity index (χ0n) is 14.4. The maximum absolute atomic E-state index is 14.3. The summed E-state index contributed by atoms with van der Waals surface area (Å²) >= 11 is 0. The van der Waals surface area contributed by atoms with Gasteiger partial charge in [-0.1, -0.05) is 12.1 Å². The SMILES string of the molecule is O=S1(=O)N(CC[C@H]2CNCCO2)c2cc(F)ccc2N1c1ccccc1F. The Labute approximate surface area is 156 Å². The molecule has 2 heterocycles. The molecule has 1 saturated heterocycles. The average molecular weight is 395 g/mol. The average Bonchev–Trinajstić information content (AvgIpc) is 2.87. The molecule has 2 aromatic rings. The van der Waals surface area contributed by atoms with E-state index >= 15 is 0 Å². The molecule has 9 heteroatoms. The highest BCUT2D eigenvalue weighted by Gasteiger charge is 2.42. The van der Waals surface area contributed by atoms with Crippen molar-refractivity contribution in [3.05, 3.63) is 54.1 Å². The van der Waals surface area contributed by atoms with E-state index < -0.39 is 21.8 Å². The van der Waals surface area contributed by atoms with Crippen LogP contribution in [0.3, 0.4) is 0 Å². The van der Waals surface area contributed by atoms with Gasteiger partial charge in [0.2, 0.25) is 0 Å². The number of halogens is 2. The van der Waals surface area contributed by atoms with E-state index in [9.17, 15) is 17.2 Å². The monoisotopic (exact) mass is 395 g/mol. The van der Waals surface area contributed by atoms with Gasteiger partial charge in [-0.05, 0) is 30.7 Å². The number of morpholine rings is 1. The number of para-hydroxylation sites is 1. The second kappa shape index (κ2) is 7.06. The molecule has 2 aliphatic heterocycles. The molecule has 0 saturated carbocycles. The topological polar surface area (TPSA) is 61.9 Å². The fraction of sp³-hybridized carbons (Fsp3) is 0.333. The Hall–Kier alpha value is -2.23. The number of fused-ring (bicyclic) bond motifs is 1. The van der Waals surface area contributed by atoms with Crippen LogP contribution >= 0.6 is 0 Å². The molecule has 0 aromatic heterocycles. The largest absolute Gasteiger partial charge is 0.376 e. The van der Waals surface area contributed by atoms with E-state index in [0.717, 1.165) is 21.2 Å². The lowest BCUT2D eigenvalue weighted by Crippen LogP contribution is -2.42. The maximum Gasteiger partial charge on any atom is 0.331 e. The van der Waals surface area contributed by atoms with Crippen LogP contribution in [0.15, 0.2) is 42.5 Å². The van der Waals surface area contributed by atoms with Crippen LogP contribution < -0.4 is 13.9 Å². The molecule has 2 aliphatic rings. The van der Waals surface area contributed by atoms with E-state index in [4.69, 9.17) is 4.74 Å². The minimum atomic E-state index is -4.10. The molecule has 4 rings (SSSR count). The van der Waals surface area contributed by atoms with Crippen molar-refractivity contribution in [1.82, 2.24) is 5.32 Å². The molecule has 1 fully saturated rings. The highest BCUT2D eigenvalue weighted by atomic mass is 32.2. The lowest BCUT2D eigenvalue weighted by Gasteiger charge is -2.26. The summed E-state index contributed by atoms with van der Waals surface area (Å²) in [6.45, 7) is 2.05. The molecular formula is C18H19F2N3O3S. The molecule has 0 unspecified atom stereocenters. The van der Waals surface area contributed by atoms with Gasteiger partial charge in [0.15, 0.2) is 0 Å². The summed E-state index contributed by atoms with van der Waals surface area (Å²) in [7, 11) is -4.10. The van der Waals surface area contributed by atoms with Gasteiger partial charge in [0.05, 0.1) is 29.8 Å². The molecule has 0 aliphatic carbocycles. The minimum absolute atomic E-state index is 0.0940. The third-order valence-electron chi connectivity index (χ3n) is 4.66. The van der Waals surface area contributed by atoms with Crippen molar-refractivity contribution in [2.75, 3.05) is 34.9 Å². The predicted octanol–water partition coefficient (Wildman–Crippen LogP) is 2.55. The Morgan fingerprint density at radius 2 is 1.93 bits per heavy atom. The molecule has 0 bridgehead atoms. The first-order chi connectivity index (χ1) is 13.0. The number of nitrogens with one attached hydrogen (secondary N) is 1. The molecule has 0 spiro atoms. The summed E-state index contributed by atoms with van der Waals surface area (Å²) in [6, 6.07) is 9.30. The molecule has 6 nitrogen and oxygen atoms in total. The molecule has 144 valence electrons. The lowest BCUT2D eigenvalue weighted by molar-refractivity contribution is 0.0254. The second-order valence-corrected chi connectivity index (χ2v) is 8.12. The van der Waals surface area contributed by atoms with E-state index in [2.05, 4.69) is 5.32 Å².